The molecule has 0 aromatic rings. The van der Waals surface area contributed by atoms with Gasteiger partial charge >= 0.3 is 0 Å². The molecule has 0 saturated carbocycles. The first kappa shape index (κ1) is 10.8. The monoisotopic (exact) mass is 168 g/mol. The van der Waals surface area contributed by atoms with Crippen molar-refractivity contribution in [3.8, 4) is 0 Å². The fraction of sp³-hybridized carbons (Fsp3) is 0.444. The average Bonchev–Trinajstić information content (AvgIpc) is 1.98. The Bertz CT molecular complexity index is 197. The molecule has 0 saturated heterocycles. The lowest BCUT2D eigenvalue weighted by Crippen LogP contribution is -2.32. The molecule has 0 bridgehead atoms. The van der Waals surface area contributed by atoms with Gasteiger partial charge in [-0.3, -0.25) is 4.79 Å². The molecule has 0 radical (unpaired) electrons. The minimum Gasteiger partial charge on any atom is -0.347 e. The van der Waals surface area contributed by atoms with E-state index in [1.165, 1.54) is 0 Å². The molecule has 0 aliphatic carbocycles. The Balaban J connectivity index is 4.12. The van der Waals surface area contributed by atoms with Crippen LogP contribution in [0.4, 0.5) is 0 Å². The Labute approximate surface area is 74.0 Å². The Kier molecular flexibility index (Phi) is 4.11. The van der Waals surface area contributed by atoms with Gasteiger partial charge in [0.2, 0.25) is 5.91 Å². The second-order valence-electron chi connectivity index (χ2n) is 2.83. The van der Waals surface area contributed by atoms with Gasteiger partial charge in [-0.05, 0) is 13.1 Å². The van der Waals surface area contributed by atoms with Crippen molar-refractivity contribution in [1.82, 2.24) is 9.80 Å². The maximum atomic E-state index is 11.2. The molecule has 3 heteroatoms. The Hall–Kier alpha value is -1.25. The zero-order chi connectivity index (χ0) is 9.72. The lowest BCUT2D eigenvalue weighted by molar-refractivity contribution is -0.128. The maximum absolute atomic E-state index is 11.2. The zero-order valence-corrected chi connectivity index (χ0v) is 8.00. The van der Waals surface area contributed by atoms with Crippen LogP contribution in [0.3, 0.4) is 0 Å². The molecular formula is C9H16N2O. The van der Waals surface area contributed by atoms with E-state index in [0.717, 1.165) is 5.70 Å². The normalized spacial score (nSPS) is 8.92. The van der Waals surface area contributed by atoms with Crippen LogP contribution in [-0.4, -0.2) is 36.3 Å². The van der Waals surface area contributed by atoms with E-state index in [2.05, 4.69) is 13.2 Å². The molecule has 0 N–H and O–H groups in total. The van der Waals surface area contributed by atoms with Crippen molar-refractivity contribution >= 4 is 5.91 Å². The van der Waals surface area contributed by atoms with E-state index in [4.69, 9.17) is 0 Å². The highest BCUT2D eigenvalue weighted by Crippen LogP contribution is 2.00. The highest BCUT2D eigenvalue weighted by Gasteiger charge is 2.08. The fourth-order valence-corrected chi connectivity index (χ4v) is 0.642. The number of rotatable bonds is 4. The molecule has 68 valence electrons. The third-order valence-corrected chi connectivity index (χ3v) is 1.52. The predicted molar refractivity (Wildman–Crippen MR) is 50.4 cm³/mol. The SMILES string of the molecule is C=CN(CC(=O)N(C)C)C(=C)C. The lowest BCUT2D eigenvalue weighted by Gasteiger charge is -2.21. The summed E-state index contributed by atoms with van der Waals surface area (Å²) in [5, 5.41) is 0. The van der Waals surface area contributed by atoms with Crippen LogP contribution in [0, 0.1) is 0 Å². The molecule has 0 aliphatic heterocycles. The standard InChI is InChI=1S/C9H16N2O/c1-6-11(8(2)3)7-9(12)10(4)5/h6H,1-2,7H2,3-5H3. The molecular weight excluding hydrogens is 152 g/mol. The summed E-state index contributed by atoms with van der Waals surface area (Å²) in [6.07, 6.45) is 1.60. The molecule has 0 atom stereocenters. The van der Waals surface area contributed by atoms with Crippen LogP contribution in [0.5, 0.6) is 0 Å². The van der Waals surface area contributed by atoms with Crippen molar-refractivity contribution < 1.29 is 4.79 Å². The molecule has 0 fully saturated rings. The molecule has 0 aromatic heterocycles. The number of carbonyl (C=O) groups excluding carboxylic acids is 1. The lowest BCUT2D eigenvalue weighted by atomic mass is 10.4. The smallest absolute Gasteiger partial charge is 0.241 e. The summed E-state index contributed by atoms with van der Waals surface area (Å²) in [6.45, 7) is 9.46. The van der Waals surface area contributed by atoms with Gasteiger partial charge in [0.1, 0.15) is 6.54 Å². The second-order valence-corrected chi connectivity index (χ2v) is 2.83. The number of likely N-dealkylation sites (N-methyl/N-ethyl adjacent to an activating group) is 1. The van der Waals surface area contributed by atoms with Crippen LogP contribution in [0.2, 0.25) is 0 Å². The quantitative estimate of drug-likeness (QED) is 0.626. The first-order valence-corrected chi connectivity index (χ1v) is 3.74. The third-order valence-electron chi connectivity index (χ3n) is 1.52. The molecule has 0 heterocycles. The van der Waals surface area contributed by atoms with Gasteiger partial charge in [-0.15, -0.1) is 0 Å². The van der Waals surface area contributed by atoms with Crippen molar-refractivity contribution in [2.45, 2.75) is 6.92 Å². The third kappa shape index (κ3) is 3.23. The summed E-state index contributed by atoms with van der Waals surface area (Å²) in [6, 6.07) is 0. The minimum absolute atomic E-state index is 0.0397. The van der Waals surface area contributed by atoms with Gasteiger partial charge in [0.25, 0.3) is 0 Å². The fourth-order valence-electron chi connectivity index (χ4n) is 0.642. The Morgan fingerprint density at radius 2 is 2.00 bits per heavy atom. The molecule has 0 aliphatic rings. The van der Waals surface area contributed by atoms with Crippen molar-refractivity contribution in [3.05, 3.63) is 25.1 Å². The number of allylic oxidation sites excluding steroid dienone is 1. The second kappa shape index (κ2) is 4.59. The number of hydrogen-bond donors (Lipinski definition) is 0. The van der Waals surface area contributed by atoms with Crippen molar-refractivity contribution in [2.24, 2.45) is 0 Å². The highest BCUT2D eigenvalue weighted by molar-refractivity contribution is 5.78. The van der Waals surface area contributed by atoms with Gasteiger partial charge in [-0.25, -0.2) is 0 Å². The van der Waals surface area contributed by atoms with E-state index in [9.17, 15) is 4.79 Å². The van der Waals surface area contributed by atoms with Gasteiger partial charge in [0, 0.05) is 19.8 Å². The summed E-state index contributed by atoms with van der Waals surface area (Å²) in [5.41, 5.74) is 0.820. The molecule has 12 heavy (non-hydrogen) atoms. The Morgan fingerprint density at radius 3 is 2.25 bits per heavy atom. The van der Waals surface area contributed by atoms with Gasteiger partial charge < -0.3 is 9.80 Å². The Morgan fingerprint density at radius 1 is 1.50 bits per heavy atom. The van der Waals surface area contributed by atoms with E-state index in [1.54, 1.807) is 30.1 Å². The summed E-state index contributed by atoms with van der Waals surface area (Å²) in [4.78, 5) is 14.5. The summed E-state index contributed by atoms with van der Waals surface area (Å²) in [5.74, 6) is 0.0397. The largest absolute Gasteiger partial charge is 0.347 e. The van der Waals surface area contributed by atoms with Crippen LogP contribution in [0.25, 0.3) is 0 Å². The van der Waals surface area contributed by atoms with E-state index in [1.807, 2.05) is 6.92 Å². The number of hydrogen-bond acceptors (Lipinski definition) is 2. The zero-order valence-electron chi connectivity index (χ0n) is 8.00. The minimum atomic E-state index is 0.0397. The maximum Gasteiger partial charge on any atom is 0.241 e. The average molecular weight is 168 g/mol. The number of carbonyl (C=O) groups is 1. The summed E-state index contributed by atoms with van der Waals surface area (Å²) in [7, 11) is 3.45. The molecule has 0 spiro atoms. The van der Waals surface area contributed by atoms with Gasteiger partial charge in [-0.1, -0.05) is 13.2 Å². The first-order chi connectivity index (χ1) is 5.49. The van der Waals surface area contributed by atoms with E-state index in [0.29, 0.717) is 6.54 Å². The summed E-state index contributed by atoms with van der Waals surface area (Å²) >= 11 is 0. The first-order valence-electron chi connectivity index (χ1n) is 3.74. The van der Waals surface area contributed by atoms with Gasteiger partial charge in [0.15, 0.2) is 0 Å². The molecule has 1 amide bonds. The molecule has 0 aromatic carbocycles. The van der Waals surface area contributed by atoms with Crippen molar-refractivity contribution in [3.63, 3.8) is 0 Å². The number of amides is 1. The summed E-state index contributed by atoms with van der Waals surface area (Å²) < 4.78 is 0. The highest BCUT2D eigenvalue weighted by atomic mass is 16.2. The van der Waals surface area contributed by atoms with Gasteiger partial charge in [0.05, 0.1) is 0 Å². The van der Waals surface area contributed by atoms with E-state index >= 15 is 0 Å². The van der Waals surface area contributed by atoms with Crippen LogP contribution in [0.1, 0.15) is 6.92 Å². The van der Waals surface area contributed by atoms with Crippen LogP contribution < -0.4 is 0 Å². The number of nitrogens with zero attached hydrogens (tertiary/aromatic N) is 2. The van der Waals surface area contributed by atoms with Crippen molar-refractivity contribution in [1.29, 1.82) is 0 Å². The van der Waals surface area contributed by atoms with Gasteiger partial charge in [-0.2, -0.15) is 0 Å². The van der Waals surface area contributed by atoms with E-state index in [-0.39, 0.29) is 5.91 Å². The van der Waals surface area contributed by atoms with E-state index < -0.39 is 0 Å². The topological polar surface area (TPSA) is 23.6 Å². The molecule has 3 nitrogen and oxygen atoms in total. The molecule has 0 unspecified atom stereocenters. The van der Waals surface area contributed by atoms with Crippen LogP contribution in [0.15, 0.2) is 25.1 Å². The van der Waals surface area contributed by atoms with Crippen LogP contribution in [-0.2, 0) is 4.79 Å². The predicted octanol–water partition coefficient (Wildman–Crippen LogP) is 1.05. The van der Waals surface area contributed by atoms with Crippen LogP contribution >= 0.6 is 0 Å². The molecule has 0 rings (SSSR count). The van der Waals surface area contributed by atoms with Crippen molar-refractivity contribution in [2.75, 3.05) is 20.6 Å².